The molecule has 98 valence electrons. The predicted octanol–water partition coefficient (Wildman–Crippen LogP) is 3.14. The first-order chi connectivity index (χ1) is 8.99. The molecule has 0 aliphatic carbocycles. The van der Waals surface area contributed by atoms with Gasteiger partial charge in [0.1, 0.15) is 17.3 Å². The Balaban J connectivity index is 2.34. The van der Waals surface area contributed by atoms with Gasteiger partial charge in [0, 0.05) is 0 Å². The highest BCUT2D eigenvalue weighted by molar-refractivity contribution is 6.34. The molecule has 0 heterocycles. The molecule has 2 aromatic rings. The highest BCUT2D eigenvalue weighted by Gasteiger charge is 2.15. The molecule has 0 aliphatic rings. The van der Waals surface area contributed by atoms with Crippen molar-refractivity contribution in [3.05, 3.63) is 52.8 Å². The number of rotatable bonds is 2. The van der Waals surface area contributed by atoms with Crippen molar-refractivity contribution in [3.63, 3.8) is 0 Å². The van der Waals surface area contributed by atoms with Gasteiger partial charge in [0.25, 0.3) is 5.91 Å². The van der Waals surface area contributed by atoms with Crippen LogP contribution in [0.4, 0.5) is 10.1 Å². The van der Waals surface area contributed by atoms with Gasteiger partial charge in [-0.1, -0.05) is 17.7 Å². The largest absolute Gasteiger partial charge is 0.508 e. The Morgan fingerprint density at radius 3 is 2.63 bits per heavy atom. The lowest BCUT2D eigenvalue weighted by Crippen LogP contribution is -2.13. The Kier molecular flexibility index (Phi) is 3.57. The van der Waals surface area contributed by atoms with E-state index in [9.17, 15) is 19.4 Å². The molecule has 2 rings (SSSR count). The van der Waals surface area contributed by atoms with E-state index in [1.165, 1.54) is 18.2 Å². The molecule has 0 saturated carbocycles. The summed E-state index contributed by atoms with van der Waals surface area (Å²) < 4.78 is 13.5. The molecule has 0 atom stereocenters. The Hall–Kier alpha value is -2.27. The Morgan fingerprint density at radius 2 is 1.95 bits per heavy atom. The van der Waals surface area contributed by atoms with Crippen LogP contribution in [0, 0.1) is 5.82 Å². The maximum Gasteiger partial charge on any atom is 0.259 e. The minimum absolute atomic E-state index is 0.0352. The topological polar surface area (TPSA) is 69.6 Å². The number of carbonyl (C=O) groups excluding carboxylic acids is 1. The lowest BCUT2D eigenvalue weighted by molar-refractivity contribution is 0.102. The standard InChI is InChI=1S/C13H9ClFNO3/c14-9-2-1-3-10(15)12(9)16-13(19)8-6-7(17)4-5-11(8)18/h1-6,17-18H,(H,16,19). The molecular weight excluding hydrogens is 273 g/mol. The fourth-order valence-corrected chi connectivity index (χ4v) is 1.71. The summed E-state index contributed by atoms with van der Waals surface area (Å²) in [7, 11) is 0. The highest BCUT2D eigenvalue weighted by atomic mass is 35.5. The molecule has 6 heteroatoms. The zero-order valence-corrected chi connectivity index (χ0v) is 10.3. The summed E-state index contributed by atoms with van der Waals surface area (Å²) in [5, 5.41) is 21.1. The fraction of sp³-hybridized carbons (Fsp3) is 0. The van der Waals surface area contributed by atoms with Crippen LogP contribution in [0.2, 0.25) is 5.02 Å². The molecule has 0 aromatic heterocycles. The number of anilines is 1. The van der Waals surface area contributed by atoms with Crippen molar-refractivity contribution in [1.82, 2.24) is 0 Å². The molecule has 0 spiro atoms. The predicted molar refractivity (Wildman–Crippen MR) is 69.1 cm³/mol. The highest BCUT2D eigenvalue weighted by Crippen LogP contribution is 2.27. The Morgan fingerprint density at radius 1 is 1.21 bits per heavy atom. The van der Waals surface area contributed by atoms with Gasteiger partial charge in [-0.15, -0.1) is 0 Å². The van der Waals surface area contributed by atoms with Gasteiger partial charge in [0.2, 0.25) is 0 Å². The van der Waals surface area contributed by atoms with Gasteiger partial charge in [-0.2, -0.15) is 0 Å². The number of carbonyl (C=O) groups is 1. The second kappa shape index (κ2) is 5.16. The van der Waals surface area contributed by atoms with Gasteiger partial charge in [0.05, 0.1) is 16.3 Å². The van der Waals surface area contributed by atoms with E-state index in [2.05, 4.69) is 5.32 Å². The SMILES string of the molecule is O=C(Nc1c(F)cccc1Cl)c1cc(O)ccc1O. The number of para-hydroxylation sites is 1. The van der Waals surface area contributed by atoms with Crippen molar-refractivity contribution in [2.75, 3.05) is 5.32 Å². The molecule has 19 heavy (non-hydrogen) atoms. The number of hydrogen-bond donors (Lipinski definition) is 3. The van der Waals surface area contributed by atoms with E-state index in [1.54, 1.807) is 0 Å². The van der Waals surface area contributed by atoms with Crippen LogP contribution in [0.25, 0.3) is 0 Å². The van der Waals surface area contributed by atoms with Crippen molar-refractivity contribution >= 4 is 23.2 Å². The third-order valence-corrected chi connectivity index (χ3v) is 2.74. The second-order valence-corrected chi connectivity index (χ2v) is 4.16. The normalized spacial score (nSPS) is 10.2. The van der Waals surface area contributed by atoms with Gasteiger partial charge in [-0.25, -0.2) is 4.39 Å². The number of phenols is 2. The summed E-state index contributed by atoms with van der Waals surface area (Å²) in [6.45, 7) is 0. The van der Waals surface area contributed by atoms with Crippen molar-refractivity contribution in [2.45, 2.75) is 0 Å². The monoisotopic (exact) mass is 281 g/mol. The molecular formula is C13H9ClFNO3. The van der Waals surface area contributed by atoms with Gasteiger partial charge < -0.3 is 15.5 Å². The van der Waals surface area contributed by atoms with Crippen LogP contribution in [-0.2, 0) is 0 Å². The third kappa shape index (κ3) is 2.77. The molecule has 0 radical (unpaired) electrons. The molecule has 0 aliphatic heterocycles. The molecule has 0 unspecified atom stereocenters. The minimum Gasteiger partial charge on any atom is -0.508 e. The Labute approximate surface area is 113 Å². The number of nitrogens with one attached hydrogen (secondary N) is 1. The summed E-state index contributed by atoms with van der Waals surface area (Å²) >= 11 is 5.77. The fourth-order valence-electron chi connectivity index (χ4n) is 1.50. The number of phenolic OH excluding ortho intramolecular Hbond substituents is 2. The average molecular weight is 282 g/mol. The first-order valence-electron chi connectivity index (χ1n) is 5.26. The van der Waals surface area contributed by atoms with E-state index in [0.29, 0.717) is 0 Å². The zero-order valence-electron chi connectivity index (χ0n) is 9.52. The number of halogens is 2. The van der Waals surface area contributed by atoms with E-state index < -0.39 is 11.7 Å². The van der Waals surface area contributed by atoms with Crippen LogP contribution in [0.3, 0.4) is 0 Å². The maximum absolute atomic E-state index is 13.5. The zero-order chi connectivity index (χ0) is 14.0. The van der Waals surface area contributed by atoms with Crippen LogP contribution in [0.15, 0.2) is 36.4 Å². The van der Waals surface area contributed by atoms with E-state index in [-0.39, 0.29) is 27.8 Å². The van der Waals surface area contributed by atoms with Crippen LogP contribution in [-0.4, -0.2) is 16.1 Å². The first kappa shape index (κ1) is 13.2. The molecule has 0 bridgehead atoms. The molecule has 2 aromatic carbocycles. The molecule has 4 nitrogen and oxygen atoms in total. The first-order valence-corrected chi connectivity index (χ1v) is 5.64. The number of benzene rings is 2. The van der Waals surface area contributed by atoms with Crippen LogP contribution in [0.5, 0.6) is 11.5 Å². The quantitative estimate of drug-likeness (QED) is 0.741. The smallest absolute Gasteiger partial charge is 0.259 e. The van der Waals surface area contributed by atoms with E-state index in [1.807, 2.05) is 0 Å². The lowest BCUT2D eigenvalue weighted by atomic mass is 10.1. The third-order valence-electron chi connectivity index (χ3n) is 2.43. The summed E-state index contributed by atoms with van der Waals surface area (Å²) in [4.78, 5) is 11.9. The summed E-state index contributed by atoms with van der Waals surface area (Å²) in [6.07, 6.45) is 0. The van der Waals surface area contributed by atoms with Crippen LogP contribution >= 0.6 is 11.6 Å². The van der Waals surface area contributed by atoms with Gasteiger partial charge in [-0.3, -0.25) is 4.79 Å². The maximum atomic E-state index is 13.5. The number of amides is 1. The van der Waals surface area contributed by atoms with Crippen LogP contribution in [0.1, 0.15) is 10.4 Å². The van der Waals surface area contributed by atoms with Crippen molar-refractivity contribution in [2.24, 2.45) is 0 Å². The second-order valence-electron chi connectivity index (χ2n) is 3.75. The molecule has 0 saturated heterocycles. The number of aromatic hydroxyl groups is 2. The van der Waals surface area contributed by atoms with Crippen molar-refractivity contribution in [3.8, 4) is 11.5 Å². The van der Waals surface area contributed by atoms with Crippen molar-refractivity contribution in [1.29, 1.82) is 0 Å². The lowest BCUT2D eigenvalue weighted by Gasteiger charge is -2.09. The number of hydrogen-bond acceptors (Lipinski definition) is 3. The Bertz CT molecular complexity index is 626. The van der Waals surface area contributed by atoms with Crippen molar-refractivity contribution < 1.29 is 19.4 Å². The van der Waals surface area contributed by atoms with Gasteiger partial charge in [0.15, 0.2) is 0 Å². The van der Waals surface area contributed by atoms with Crippen LogP contribution < -0.4 is 5.32 Å². The molecule has 0 fully saturated rings. The molecule has 3 N–H and O–H groups in total. The van der Waals surface area contributed by atoms with E-state index in [4.69, 9.17) is 11.6 Å². The summed E-state index contributed by atoms with van der Waals surface area (Å²) in [6, 6.07) is 7.42. The average Bonchev–Trinajstić information content (AvgIpc) is 2.37. The summed E-state index contributed by atoms with van der Waals surface area (Å²) in [5.74, 6) is -1.99. The molecule has 1 amide bonds. The minimum atomic E-state index is -0.777. The van der Waals surface area contributed by atoms with E-state index >= 15 is 0 Å². The van der Waals surface area contributed by atoms with Gasteiger partial charge >= 0.3 is 0 Å². The van der Waals surface area contributed by atoms with E-state index in [0.717, 1.165) is 18.2 Å². The summed E-state index contributed by atoms with van der Waals surface area (Å²) in [5.41, 5.74) is -0.365. The van der Waals surface area contributed by atoms with Gasteiger partial charge in [-0.05, 0) is 30.3 Å².